The summed E-state index contributed by atoms with van der Waals surface area (Å²) >= 11 is 0. The number of nitriles is 2. The van der Waals surface area contributed by atoms with Crippen molar-refractivity contribution in [3.8, 4) is 12.1 Å². The fourth-order valence-corrected chi connectivity index (χ4v) is 1.04. The van der Waals surface area contributed by atoms with Crippen molar-refractivity contribution in [3.63, 3.8) is 0 Å². The maximum Gasteiger partial charge on any atom is 0.136 e. The summed E-state index contributed by atoms with van der Waals surface area (Å²) in [6, 6.07) is 3.73. The molecule has 0 amide bonds. The normalized spacial score (nSPS) is 17.7. The molecule has 0 aromatic rings. The molecule has 13 heavy (non-hydrogen) atoms. The molecule has 0 aromatic carbocycles. The third-order valence-electron chi connectivity index (χ3n) is 1.90. The molecule has 0 radical (unpaired) electrons. The summed E-state index contributed by atoms with van der Waals surface area (Å²) in [7, 11) is 0. The van der Waals surface area contributed by atoms with E-state index in [1.54, 1.807) is 0 Å². The van der Waals surface area contributed by atoms with Crippen molar-refractivity contribution in [2.45, 2.75) is 13.8 Å². The van der Waals surface area contributed by atoms with Crippen LogP contribution in [0.2, 0.25) is 0 Å². The van der Waals surface area contributed by atoms with Crippen LogP contribution >= 0.6 is 0 Å². The Kier molecular flexibility index (Phi) is 2.35. The third-order valence-corrected chi connectivity index (χ3v) is 1.90. The van der Waals surface area contributed by atoms with E-state index in [1.807, 2.05) is 36.4 Å². The summed E-state index contributed by atoms with van der Waals surface area (Å²) in [6.45, 7) is 4.13. The number of hydrogen-bond donors (Lipinski definition) is 0. The van der Waals surface area contributed by atoms with Crippen molar-refractivity contribution >= 4 is 0 Å². The van der Waals surface area contributed by atoms with Crippen LogP contribution in [0.3, 0.4) is 0 Å². The zero-order valence-corrected chi connectivity index (χ0v) is 7.70. The molecule has 0 N–H and O–H groups in total. The van der Waals surface area contributed by atoms with Gasteiger partial charge in [-0.3, -0.25) is 0 Å². The van der Waals surface area contributed by atoms with Crippen LogP contribution in [0.15, 0.2) is 35.5 Å². The molecule has 0 saturated carbocycles. The minimum atomic E-state index is 0.0273. The lowest BCUT2D eigenvalue weighted by molar-refractivity contribution is 0.621. The van der Waals surface area contributed by atoms with E-state index < -0.39 is 0 Å². The summed E-state index contributed by atoms with van der Waals surface area (Å²) in [5, 5.41) is 17.2. The summed E-state index contributed by atoms with van der Waals surface area (Å²) in [5.41, 5.74) is 0.895. The fraction of sp³-hybridized carbons (Fsp3) is 0.273. The third kappa shape index (κ3) is 2.07. The van der Waals surface area contributed by atoms with Gasteiger partial charge in [-0.15, -0.1) is 0 Å². The van der Waals surface area contributed by atoms with E-state index in [1.165, 1.54) is 0 Å². The molecule has 64 valence electrons. The van der Waals surface area contributed by atoms with Gasteiger partial charge in [-0.1, -0.05) is 38.2 Å². The van der Waals surface area contributed by atoms with Gasteiger partial charge in [0.2, 0.25) is 0 Å². The molecule has 0 saturated heterocycles. The highest BCUT2D eigenvalue weighted by molar-refractivity contribution is 5.52. The molecule has 2 heteroatoms. The van der Waals surface area contributed by atoms with Crippen molar-refractivity contribution in [2.75, 3.05) is 0 Å². The maximum absolute atomic E-state index is 8.61. The fourth-order valence-electron chi connectivity index (χ4n) is 1.04. The summed E-state index contributed by atoms with van der Waals surface area (Å²) in [5.74, 6) is 0. The Morgan fingerprint density at radius 3 is 2.00 bits per heavy atom. The Labute approximate surface area is 78.1 Å². The molecular weight excluding hydrogens is 160 g/mol. The molecule has 1 rings (SSSR count). The van der Waals surface area contributed by atoms with Crippen LogP contribution in [0.1, 0.15) is 13.8 Å². The molecule has 0 bridgehead atoms. The van der Waals surface area contributed by atoms with Crippen LogP contribution in [-0.2, 0) is 0 Å². The zero-order chi connectivity index (χ0) is 9.90. The highest BCUT2D eigenvalue weighted by Gasteiger charge is 2.13. The second-order valence-corrected chi connectivity index (χ2v) is 3.54. The van der Waals surface area contributed by atoms with Gasteiger partial charge in [0.25, 0.3) is 0 Å². The first kappa shape index (κ1) is 9.29. The van der Waals surface area contributed by atoms with Gasteiger partial charge < -0.3 is 0 Å². The lowest BCUT2D eigenvalue weighted by Crippen LogP contribution is -2.05. The van der Waals surface area contributed by atoms with Crippen molar-refractivity contribution in [1.82, 2.24) is 0 Å². The van der Waals surface area contributed by atoms with Crippen molar-refractivity contribution in [1.29, 1.82) is 10.5 Å². The first-order valence-electron chi connectivity index (χ1n) is 4.02. The average molecular weight is 170 g/mol. The molecular formula is C11H10N2. The predicted molar refractivity (Wildman–Crippen MR) is 50.3 cm³/mol. The van der Waals surface area contributed by atoms with Gasteiger partial charge in [-0.05, 0) is 0 Å². The average Bonchev–Trinajstić information content (AvgIpc) is 2.09. The predicted octanol–water partition coefficient (Wildman–Crippen LogP) is 2.48. The molecule has 2 nitrogen and oxygen atoms in total. The number of rotatable bonds is 0. The van der Waals surface area contributed by atoms with Crippen LogP contribution in [0.25, 0.3) is 0 Å². The summed E-state index contributed by atoms with van der Waals surface area (Å²) in [6.07, 6.45) is 7.61. The lowest BCUT2D eigenvalue weighted by Gasteiger charge is -2.18. The Morgan fingerprint density at radius 1 is 1.15 bits per heavy atom. The number of hydrogen-bond acceptors (Lipinski definition) is 2. The van der Waals surface area contributed by atoms with Crippen LogP contribution in [0, 0.1) is 28.1 Å². The van der Waals surface area contributed by atoms with Crippen molar-refractivity contribution < 1.29 is 0 Å². The Bertz CT molecular complexity index is 347. The molecule has 0 spiro atoms. The van der Waals surface area contributed by atoms with Gasteiger partial charge in [-0.2, -0.15) is 10.5 Å². The van der Waals surface area contributed by atoms with Gasteiger partial charge in [0.15, 0.2) is 0 Å². The summed E-state index contributed by atoms with van der Waals surface area (Å²) < 4.78 is 0. The Hall–Kier alpha value is -1.80. The number of allylic oxidation sites excluding steroid dienone is 6. The Morgan fingerprint density at radius 2 is 1.62 bits per heavy atom. The van der Waals surface area contributed by atoms with E-state index in [0.717, 1.165) is 0 Å². The van der Waals surface area contributed by atoms with Gasteiger partial charge in [0.1, 0.15) is 17.7 Å². The molecule has 0 unspecified atom stereocenters. The van der Waals surface area contributed by atoms with E-state index in [4.69, 9.17) is 10.5 Å². The highest BCUT2D eigenvalue weighted by atomic mass is 14.3. The molecule has 0 heterocycles. The smallest absolute Gasteiger partial charge is 0.136 e. The summed E-state index contributed by atoms with van der Waals surface area (Å²) in [4.78, 5) is 0. The van der Waals surface area contributed by atoms with E-state index in [0.29, 0.717) is 5.57 Å². The van der Waals surface area contributed by atoms with Gasteiger partial charge in [0.05, 0.1) is 0 Å². The first-order chi connectivity index (χ1) is 6.09. The van der Waals surface area contributed by atoms with Gasteiger partial charge in [0, 0.05) is 11.0 Å². The Balaban J connectivity index is 3.07. The molecule has 1 aliphatic rings. The SMILES string of the molecule is CC1(C)C=CC(=C(C#N)C#N)C=C1. The standard InChI is InChI=1S/C11H10N2/c1-11(2)5-3-9(4-6-11)10(7-12)8-13/h3-6H,1-2H3. The lowest BCUT2D eigenvalue weighted by atomic mass is 9.86. The number of nitrogens with zero attached hydrogens (tertiary/aromatic N) is 2. The minimum Gasteiger partial charge on any atom is -0.192 e. The van der Waals surface area contributed by atoms with Crippen LogP contribution in [-0.4, -0.2) is 0 Å². The topological polar surface area (TPSA) is 47.6 Å². The van der Waals surface area contributed by atoms with Crippen LogP contribution < -0.4 is 0 Å². The second-order valence-electron chi connectivity index (χ2n) is 3.54. The largest absolute Gasteiger partial charge is 0.192 e. The molecule has 1 aliphatic carbocycles. The monoisotopic (exact) mass is 170 g/mol. The molecule has 0 atom stereocenters. The van der Waals surface area contributed by atoms with Crippen LogP contribution in [0.4, 0.5) is 0 Å². The van der Waals surface area contributed by atoms with Crippen molar-refractivity contribution in [2.24, 2.45) is 5.41 Å². The van der Waals surface area contributed by atoms with E-state index in [2.05, 4.69) is 13.8 Å². The van der Waals surface area contributed by atoms with Gasteiger partial charge >= 0.3 is 0 Å². The van der Waals surface area contributed by atoms with Gasteiger partial charge in [-0.25, -0.2) is 0 Å². The van der Waals surface area contributed by atoms with E-state index >= 15 is 0 Å². The molecule has 0 aliphatic heterocycles. The quantitative estimate of drug-likeness (QED) is 0.524. The zero-order valence-electron chi connectivity index (χ0n) is 7.70. The maximum atomic E-state index is 8.61. The van der Waals surface area contributed by atoms with E-state index in [9.17, 15) is 0 Å². The van der Waals surface area contributed by atoms with E-state index in [-0.39, 0.29) is 11.0 Å². The minimum absolute atomic E-state index is 0.0273. The molecule has 0 aromatic heterocycles. The second kappa shape index (κ2) is 3.29. The van der Waals surface area contributed by atoms with Crippen LogP contribution in [0.5, 0.6) is 0 Å². The highest BCUT2D eigenvalue weighted by Crippen LogP contribution is 2.26. The molecule has 0 fully saturated rings. The van der Waals surface area contributed by atoms with Crippen molar-refractivity contribution in [3.05, 3.63) is 35.5 Å². The first-order valence-corrected chi connectivity index (χ1v) is 4.02.